The second-order valence-corrected chi connectivity index (χ2v) is 4.26. The van der Waals surface area contributed by atoms with E-state index in [-0.39, 0.29) is 24.9 Å². The van der Waals surface area contributed by atoms with E-state index >= 15 is 0 Å². The zero-order valence-electron chi connectivity index (χ0n) is 9.62. The van der Waals surface area contributed by atoms with Crippen molar-refractivity contribution in [2.45, 2.75) is 6.42 Å². The SMILES string of the molecule is Cl.NCCCNC(=O)COc1cc(Cl)cc(Cl)c1. The third kappa shape index (κ3) is 6.91. The molecular formula is C11H15Cl3N2O2. The van der Waals surface area contributed by atoms with Crippen LogP contribution in [0.1, 0.15) is 6.42 Å². The van der Waals surface area contributed by atoms with E-state index in [0.717, 1.165) is 6.42 Å². The van der Waals surface area contributed by atoms with Gasteiger partial charge in [-0.15, -0.1) is 12.4 Å². The number of ether oxygens (including phenoxy) is 1. The molecule has 1 amide bonds. The van der Waals surface area contributed by atoms with Gasteiger partial charge in [-0.2, -0.15) is 0 Å². The molecule has 1 aromatic rings. The molecule has 0 radical (unpaired) electrons. The Morgan fingerprint density at radius 2 is 1.89 bits per heavy atom. The van der Waals surface area contributed by atoms with Crippen LogP contribution in [-0.2, 0) is 4.79 Å². The predicted molar refractivity (Wildman–Crippen MR) is 75.9 cm³/mol. The highest BCUT2D eigenvalue weighted by Gasteiger charge is 2.03. The summed E-state index contributed by atoms with van der Waals surface area (Å²) in [5.74, 6) is 0.269. The first kappa shape index (κ1) is 17.3. The summed E-state index contributed by atoms with van der Waals surface area (Å²) in [4.78, 5) is 11.3. The Hall–Kier alpha value is -0.680. The maximum Gasteiger partial charge on any atom is 0.257 e. The summed E-state index contributed by atoms with van der Waals surface area (Å²) in [5, 5.41) is 3.61. The molecule has 3 N–H and O–H groups in total. The first-order chi connectivity index (χ1) is 8.11. The average Bonchev–Trinajstić information content (AvgIpc) is 2.25. The minimum absolute atomic E-state index is 0. The van der Waals surface area contributed by atoms with Crippen LogP contribution in [0.15, 0.2) is 18.2 Å². The molecule has 0 aliphatic rings. The number of rotatable bonds is 6. The van der Waals surface area contributed by atoms with Crippen molar-refractivity contribution < 1.29 is 9.53 Å². The largest absolute Gasteiger partial charge is 0.484 e. The van der Waals surface area contributed by atoms with Crippen molar-refractivity contribution in [3.63, 3.8) is 0 Å². The van der Waals surface area contributed by atoms with Gasteiger partial charge in [0.1, 0.15) is 5.75 Å². The molecular weight excluding hydrogens is 298 g/mol. The molecule has 0 atom stereocenters. The van der Waals surface area contributed by atoms with Gasteiger partial charge in [0.15, 0.2) is 6.61 Å². The van der Waals surface area contributed by atoms with Gasteiger partial charge in [0.2, 0.25) is 0 Å². The molecule has 0 saturated carbocycles. The fraction of sp³-hybridized carbons (Fsp3) is 0.364. The number of nitrogens with two attached hydrogens (primary N) is 1. The number of carbonyl (C=O) groups is 1. The Morgan fingerprint density at radius 1 is 1.28 bits per heavy atom. The quantitative estimate of drug-likeness (QED) is 0.792. The van der Waals surface area contributed by atoms with Gasteiger partial charge in [0.05, 0.1) is 0 Å². The van der Waals surface area contributed by atoms with Gasteiger partial charge in [0.25, 0.3) is 5.91 Å². The molecule has 0 heterocycles. The van der Waals surface area contributed by atoms with Gasteiger partial charge in [-0.1, -0.05) is 23.2 Å². The van der Waals surface area contributed by atoms with Crippen molar-refractivity contribution >= 4 is 41.5 Å². The lowest BCUT2D eigenvalue weighted by molar-refractivity contribution is -0.123. The van der Waals surface area contributed by atoms with Crippen molar-refractivity contribution in [2.75, 3.05) is 19.7 Å². The van der Waals surface area contributed by atoms with Crippen LogP contribution in [0.25, 0.3) is 0 Å². The first-order valence-electron chi connectivity index (χ1n) is 5.17. The van der Waals surface area contributed by atoms with E-state index in [1.807, 2.05) is 0 Å². The molecule has 0 spiro atoms. The van der Waals surface area contributed by atoms with Crippen molar-refractivity contribution in [3.05, 3.63) is 28.2 Å². The summed E-state index contributed by atoms with van der Waals surface area (Å²) in [6.07, 6.45) is 0.745. The Bertz CT molecular complexity index is 368. The maximum atomic E-state index is 11.3. The fourth-order valence-electron chi connectivity index (χ4n) is 1.14. The van der Waals surface area contributed by atoms with Gasteiger partial charge >= 0.3 is 0 Å². The molecule has 1 aromatic carbocycles. The number of hydrogen-bond donors (Lipinski definition) is 2. The minimum atomic E-state index is -0.199. The van der Waals surface area contributed by atoms with Crippen LogP contribution in [0, 0.1) is 0 Å². The first-order valence-corrected chi connectivity index (χ1v) is 5.93. The smallest absolute Gasteiger partial charge is 0.257 e. The molecule has 0 fully saturated rings. The monoisotopic (exact) mass is 312 g/mol. The normalized spacial score (nSPS) is 9.50. The van der Waals surface area contributed by atoms with Crippen LogP contribution in [0.5, 0.6) is 5.75 Å². The number of nitrogens with one attached hydrogen (secondary N) is 1. The van der Waals surface area contributed by atoms with Crippen LogP contribution in [0.4, 0.5) is 0 Å². The lowest BCUT2D eigenvalue weighted by Gasteiger charge is -2.07. The molecule has 102 valence electrons. The van der Waals surface area contributed by atoms with Gasteiger partial charge in [-0.05, 0) is 31.2 Å². The van der Waals surface area contributed by atoms with E-state index in [0.29, 0.717) is 28.9 Å². The summed E-state index contributed by atoms with van der Waals surface area (Å²) in [7, 11) is 0. The highest BCUT2D eigenvalue weighted by molar-refractivity contribution is 6.34. The molecule has 0 bridgehead atoms. The Balaban J connectivity index is 0.00000289. The van der Waals surface area contributed by atoms with E-state index in [2.05, 4.69) is 5.32 Å². The third-order valence-corrected chi connectivity index (χ3v) is 2.35. The molecule has 0 aliphatic heterocycles. The minimum Gasteiger partial charge on any atom is -0.484 e. The summed E-state index contributed by atoms with van der Waals surface area (Å²) in [6.45, 7) is 1.03. The molecule has 1 rings (SSSR count). The molecule has 7 heteroatoms. The standard InChI is InChI=1S/C11H14Cl2N2O2.ClH/c12-8-4-9(13)6-10(5-8)17-7-11(16)15-3-1-2-14;/h4-6H,1-3,7,14H2,(H,15,16);1H. The molecule has 0 aromatic heterocycles. The molecule has 18 heavy (non-hydrogen) atoms. The number of hydrogen-bond acceptors (Lipinski definition) is 3. The van der Waals surface area contributed by atoms with Crippen LogP contribution in [0.3, 0.4) is 0 Å². The second-order valence-electron chi connectivity index (χ2n) is 3.39. The van der Waals surface area contributed by atoms with E-state index in [1.54, 1.807) is 18.2 Å². The molecule has 0 aliphatic carbocycles. The van der Waals surface area contributed by atoms with E-state index < -0.39 is 0 Å². The highest BCUT2D eigenvalue weighted by Crippen LogP contribution is 2.23. The molecule has 0 unspecified atom stereocenters. The van der Waals surface area contributed by atoms with E-state index in [9.17, 15) is 4.79 Å². The topological polar surface area (TPSA) is 64.3 Å². The van der Waals surface area contributed by atoms with Gasteiger partial charge in [0, 0.05) is 16.6 Å². The number of halogens is 3. The summed E-state index contributed by atoms with van der Waals surface area (Å²) >= 11 is 11.6. The van der Waals surface area contributed by atoms with Crippen LogP contribution < -0.4 is 15.8 Å². The zero-order chi connectivity index (χ0) is 12.7. The fourth-order valence-corrected chi connectivity index (χ4v) is 1.65. The Kier molecular flexibility index (Phi) is 8.93. The van der Waals surface area contributed by atoms with Gasteiger partial charge in [-0.25, -0.2) is 0 Å². The van der Waals surface area contributed by atoms with E-state index in [4.69, 9.17) is 33.7 Å². The van der Waals surface area contributed by atoms with Crippen molar-refractivity contribution in [1.82, 2.24) is 5.32 Å². The van der Waals surface area contributed by atoms with Crippen molar-refractivity contribution in [1.29, 1.82) is 0 Å². The summed E-state index contributed by atoms with van der Waals surface area (Å²) in [5.41, 5.74) is 5.30. The summed E-state index contributed by atoms with van der Waals surface area (Å²) in [6, 6.07) is 4.79. The van der Waals surface area contributed by atoms with E-state index in [1.165, 1.54) is 0 Å². The summed E-state index contributed by atoms with van der Waals surface area (Å²) < 4.78 is 5.25. The Morgan fingerprint density at radius 3 is 2.44 bits per heavy atom. The zero-order valence-corrected chi connectivity index (χ0v) is 11.9. The van der Waals surface area contributed by atoms with Crippen molar-refractivity contribution in [3.8, 4) is 5.75 Å². The van der Waals surface area contributed by atoms with Gasteiger partial charge in [-0.3, -0.25) is 4.79 Å². The Labute approximate surface area is 122 Å². The molecule has 4 nitrogen and oxygen atoms in total. The number of amides is 1. The maximum absolute atomic E-state index is 11.3. The highest BCUT2D eigenvalue weighted by atomic mass is 35.5. The average molecular weight is 314 g/mol. The van der Waals surface area contributed by atoms with Crippen molar-refractivity contribution in [2.24, 2.45) is 5.73 Å². The number of carbonyl (C=O) groups excluding carboxylic acids is 1. The predicted octanol–water partition coefficient (Wildman–Crippen LogP) is 2.26. The van der Waals surface area contributed by atoms with Gasteiger partial charge < -0.3 is 15.8 Å². The molecule has 0 saturated heterocycles. The number of benzene rings is 1. The third-order valence-electron chi connectivity index (χ3n) is 1.91. The lowest BCUT2D eigenvalue weighted by Crippen LogP contribution is -2.30. The van der Waals surface area contributed by atoms with Crippen LogP contribution in [0.2, 0.25) is 10.0 Å². The van der Waals surface area contributed by atoms with Crippen LogP contribution >= 0.6 is 35.6 Å². The lowest BCUT2D eigenvalue weighted by atomic mass is 10.3. The van der Waals surface area contributed by atoms with Crippen LogP contribution in [-0.4, -0.2) is 25.6 Å². The second kappa shape index (κ2) is 9.28.